The molecule has 2 aliphatic rings. The van der Waals surface area contributed by atoms with Crippen LogP contribution < -0.4 is 10.6 Å². The van der Waals surface area contributed by atoms with E-state index < -0.39 is 4.92 Å². The van der Waals surface area contributed by atoms with E-state index in [1.165, 1.54) is 25.5 Å². The van der Waals surface area contributed by atoms with Gasteiger partial charge in [0.05, 0.1) is 16.3 Å². The largest absolute Gasteiger partial charge is 0.397 e. The summed E-state index contributed by atoms with van der Waals surface area (Å²) in [4.78, 5) is 15.2. The molecule has 20 heavy (non-hydrogen) atoms. The number of nitrogens with two attached hydrogens (primary N) is 1. The zero-order valence-corrected chi connectivity index (χ0v) is 11.5. The molecule has 2 aliphatic heterocycles. The minimum absolute atomic E-state index is 0.0589. The van der Waals surface area contributed by atoms with Crippen LogP contribution in [0.25, 0.3) is 0 Å². The lowest BCUT2D eigenvalue weighted by molar-refractivity contribution is -0.384. The molecule has 0 aliphatic carbocycles. The number of hydrogen-bond acceptors (Lipinski definition) is 5. The van der Waals surface area contributed by atoms with E-state index in [1.807, 2.05) is 0 Å². The van der Waals surface area contributed by atoms with Gasteiger partial charge in [-0.2, -0.15) is 0 Å². The van der Waals surface area contributed by atoms with E-state index in [-0.39, 0.29) is 5.69 Å². The Hall–Kier alpha value is -1.82. The fourth-order valence-electron chi connectivity index (χ4n) is 3.37. The van der Waals surface area contributed by atoms with Gasteiger partial charge in [0, 0.05) is 37.8 Å². The lowest BCUT2D eigenvalue weighted by Crippen LogP contribution is -2.36. The van der Waals surface area contributed by atoms with Crippen molar-refractivity contribution < 1.29 is 4.92 Å². The van der Waals surface area contributed by atoms with Crippen LogP contribution in [-0.2, 0) is 0 Å². The molecule has 2 fully saturated rings. The lowest BCUT2D eigenvalue weighted by atomic mass is 10.1. The summed E-state index contributed by atoms with van der Waals surface area (Å²) in [6.07, 6.45) is 3.63. The Balaban J connectivity index is 1.82. The maximum atomic E-state index is 10.8. The number of fused-ring (bicyclic) bond motifs is 1. The third kappa shape index (κ3) is 2.43. The number of non-ortho nitro benzene ring substituents is 1. The second-order valence-corrected chi connectivity index (χ2v) is 5.63. The van der Waals surface area contributed by atoms with Crippen LogP contribution in [0.4, 0.5) is 17.1 Å². The van der Waals surface area contributed by atoms with Crippen molar-refractivity contribution in [3.05, 3.63) is 28.3 Å². The Morgan fingerprint density at radius 1 is 1.25 bits per heavy atom. The molecule has 0 radical (unpaired) electrons. The van der Waals surface area contributed by atoms with Crippen LogP contribution in [0.3, 0.4) is 0 Å². The van der Waals surface area contributed by atoms with E-state index >= 15 is 0 Å². The van der Waals surface area contributed by atoms with E-state index in [4.69, 9.17) is 5.73 Å². The second-order valence-electron chi connectivity index (χ2n) is 5.63. The molecule has 2 heterocycles. The van der Waals surface area contributed by atoms with Crippen molar-refractivity contribution >= 4 is 17.1 Å². The molecule has 6 heteroatoms. The quantitative estimate of drug-likeness (QED) is 0.507. The van der Waals surface area contributed by atoms with Crippen LogP contribution in [0.1, 0.15) is 19.3 Å². The van der Waals surface area contributed by atoms with Crippen molar-refractivity contribution in [1.29, 1.82) is 0 Å². The van der Waals surface area contributed by atoms with Crippen LogP contribution in [-0.4, -0.2) is 42.0 Å². The predicted octanol–water partition coefficient (Wildman–Crippen LogP) is 1.85. The van der Waals surface area contributed by atoms with Crippen molar-refractivity contribution in [3.63, 3.8) is 0 Å². The number of nitrogens with zero attached hydrogens (tertiary/aromatic N) is 3. The Kier molecular flexibility index (Phi) is 3.48. The van der Waals surface area contributed by atoms with Gasteiger partial charge in [0.25, 0.3) is 5.69 Å². The summed E-state index contributed by atoms with van der Waals surface area (Å²) in [5.74, 6) is 0. The third-order valence-electron chi connectivity index (χ3n) is 4.37. The number of benzene rings is 1. The highest BCUT2D eigenvalue weighted by atomic mass is 16.6. The smallest absolute Gasteiger partial charge is 0.271 e. The van der Waals surface area contributed by atoms with E-state index in [0.29, 0.717) is 11.7 Å². The molecule has 2 N–H and O–H groups in total. The zero-order valence-electron chi connectivity index (χ0n) is 11.5. The fraction of sp³-hybridized carbons (Fsp3) is 0.571. The van der Waals surface area contributed by atoms with Crippen molar-refractivity contribution in [2.45, 2.75) is 25.3 Å². The topological polar surface area (TPSA) is 75.6 Å². The van der Waals surface area contributed by atoms with Crippen molar-refractivity contribution in [3.8, 4) is 0 Å². The van der Waals surface area contributed by atoms with Gasteiger partial charge in [0.2, 0.25) is 0 Å². The highest BCUT2D eigenvalue weighted by Gasteiger charge is 2.29. The Morgan fingerprint density at radius 2 is 2.05 bits per heavy atom. The highest BCUT2D eigenvalue weighted by Crippen LogP contribution is 2.31. The molecule has 0 bridgehead atoms. The summed E-state index contributed by atoms with van der Waals surface area (Å²) >= 11 is 0. The van der Waals surface area contributed by atoms with Gasteiger partial charge in [-0.1, -0.05) is 0 Å². The monoisotopic (exact) mass is 276 g/mol. The van der Waals surface area contributed by atoms with Crippen LogP contribution in [0.2, 0.25) is 0 Å². The van der Waals surface area contributed by atoms with Gasteiger partial charge in [-0.25, -0.2) is 0 Å². The summed E-state index contributed by atoms with van der Waals surface area (Å²) in [7, 11) is 0. The van der Waals surface area contributed by atoms with Crippen molar-refractivity contribution in [2.24, 2.45) is 0 Å². The van der Waals surface area contributed by atoms with Gasteiger partial charge >= 0.3 is 0 Å². The molecule has 3 rings (SSSR count). The number of nitro groups is 1. The molecule has 0 spiro atoms. The molecule has 0 amide bonds. The maximum absolute atomic E-state index is 10.8. The van der Waals surface area contributed by atoms with Crippen LogP contribution in [0.15, 0.2) is 18.2 Å². The van der Waals surface area contributed by atoms with Crippen LogP contribution >= 0.6 is 0 Å². The van der Waals surface area contributed by atoms with E-state index in [2.05, 4.69) is 9.80 Å². The minimum atomic E-state index is -0.402. The number of nitrogen functional groups attached to an aromatic ring is 1. The van der Waals surface area contributed by atoms with E-state index in [1.54, 1.807) is 12.1 Å². The minimum Gasteiger partial charge on any atom is -0.397 e. The lowest BCUT2D eigenvalue weighted by Gasteiger charge is -2.28. The van der Waals surface area contributed by atoms with Gasteiger partial charge < -0.3 is 10.6 Å². The second kappa shape index (κ2) is 5.28. The Labute approximate surface area is 118 Å². The van der Waals surface area contributed by atoms with Gasteiger partial charge in [-0.3, -0.25) is 15.0 Å². The first-order chi connectivity index (χ1) is 9.65. The molecule has 108 valence electrons. The number of anilines is 2. The summed E-state index contributed by atoms with van der Waals surface area (Å²) < 4.78 is 0. The van der Waals surface area contributed by atoms with Gasteiger partial charge in [0.1, 0.15) is 0 Å². The molecule has 0 saturated carbocycles. The molecule has 1 unspecified atom stereocenters. The van der Waals surface area contributed by atoms with Gasteiger partial charge in [-0.15, -0.1) is 0 Å². The number of rotatable bonds is 2. The molecule has 0 aromatic heterocycles. The highest BCUT2D eigenvalue weighted by molar-refractivity contribution is 5.70. The van der Waals surface area contributed by atoms with Crippen LogP contribution in [0, 0.1) is 10.1 Å². The summed E-state index contributed by atoms with van der Waals surface area (Å²) in [5, 5.41) is 10.8. The van der Waals surface area contributed by atoms with Gasteiger partial charge in [0.15, 0.2) is 0 Å². The number of nitro benzene ring substituents is 1. The predicted molar refractivity (Wildman–Crippen MR) is 78.9 cm³/mol. The molecular formula is C14H20N4O2. The van der Waals surface area contributed by atoms with Crippen molar-refractivity contribution in [1.82, 2.24) is 4.90 Å². The molecule has 6 nitrogen and oxygen atoms in total. The molecule has 1 aromatic rings. The average molecular weight is 276 g/mol. The van der Waals surface area contributed by atoms with Crippen molar-refractivity contribution in [2.75, 3.05) is 36.8 Å². The first kappa shape index (κ1) is 13.2. The van der Waals surface area contributed by atoms with E-state index in [0.717, 1.165) is 31.7 Å². The average Bonchev–Trinajstić information content (AvgIpc) is 2.76. The number of hydrogen-bond donors (Lipinski definition) is 1. The normalized spacial score (nSPS) is 23.4. The summed E-state index contributed by atoms with van der Waals surface area (Å²) in [6.45, 7) is 4.29. The maximum Gasteiger partial charge on any atom is 0.271 e. The molecule has 1 aromatic carbocycles. The third-order valence-corrected chi connectivity index (χ3v) is 4.37. The van der Waals surface area contributed by atoms with Crippen LogP contribution in [0.5, 0.6) is 0 Å². The molecule has 2 saturated heterocycles. The molecule has 1 atom stereocenters. The standard InChI is InChI=1S/C14H20N4O2/c15-13-9-11(18(19)20)4-5-14(13)17-8-2-7-16-6-1-3-12(16)10-17/h4-5,9,12H,1-3,6-8,10,15H2. The Morgan fingerprint density at radius 3 is 2.80 bits per heavy atom. The SMILES string of the molecule is Nc1cc([N+](=O)[O-])ccc1N1CCCN2CCCC2C1. The fourth-order valence-corrected chi connectivity index (χ4v) is 3.37. The summed E-state index contributed by atoms with van der Waals surface area (Å²) in [6, 6.07) is 5.40. The zero-order chi connectivity index (χ0) is 14.1. The van der Waals surface area contributed by atoms with E-state index in [9.17, 15) is 10.1 Å². The van der Waals surface area contributed by atoms with Gasteiger partial charge in [-0.05, 0) is 31.9 Å². The first-order valence-electron chi connectivity index (χ1n) is 7.18. The first-order valence-corrected chi connectivity index (χ1v) is 7.18. The summed E-state index contributed by atoms with van der Waals surface area (Å²) in [5.41, 5.74) is 7.52. The molecular weight excluding hydrogens is 256 g/mol. The Bertz CT molecular complexity index is 520.